The van der Waals surface area contributed by atoms with Crippen LogP contribution in [0.3, 0.4) is 0 Å². The SMILES string of the molecule is COc1ccc2c(c1)OC(C)(C)CN(C(=O)CC13CCCC1C3)C2. The number of fused-ring (bicyclic) bond motifs is 2. The fraction of sp³-hybridized carbons (Fsp3) is 0.650. The molecule has 4 heteroatoms. The highest BCUT2D eigenvalue weighted by Crippen LogP contribution is 2.65. The Morgan fingerprint density at radius 1 is 1.42 bits per heavy atom. The summed E-state index contributed by atoms with van der Waals surface area (Å²) in [4.78, 5) is 15.0. The van der Waals surface area contributed by atoms with Crippen molar-refractivity contribution in [2.24, 2.45) is 11.3 Å². The molecule has 0 spiro atoms. The van der Waals surface area contributed by atoms with Crippen molar-refractivity contribution in [3.05, 3.63) is 23.8 Å². The van der Waals surface area contributed by atoms with Crippen LogP contribution in [0.4, 0.5) is 0 Å². The minimum atomic E-state index is -0.399. The van der Waals surface area contributed by atoms with Crippen LogP contribution in [-0.4, -0.2) is 30.1 Å². The molecule has 2 aliphatic carbocycles. The molecule has 130 valence electrons. The predicted molar refractivity (Wildman–Crippen MR) is 92.1 cm³/mol. The van der Waals surface area contributed by atoms with Crippen LogP contribution in [0.25, 0.3) is 0 Å². The van der Waals surface area contributed by atoms with Crippen molar-refractivity contribution < 1.29 is 14.3 Å². The topological polar surface area (TPSA) is 38.8 Å². The minimum absolute atomic E-state index is 0.291. The number of nitrogens with zero attached hydrogens (tertiary/aromatic N) is 1. The number of carbonyl (C=O) groups excluding carboxylic acids is 1. The zero-order valence-corrected chi connectivity index (χ0v) is 14.9. The largest absolute Gasteiger partial charge is 0.497 e. The molecule has 1 amide bonds. The van der Waals surface area contributed by atoms with Crippen molar-refractivity contribution in [1.82, 2.24) is 4.90 Å². The summed E-state index contributed by atoms with van der Waals surface area (Å²) >= 11 is 0. The number of hydrogen-bond donors (Lipinski definition) is 0. The standard InChI is InChI=1S/C20H27NO3/c1-19(2)13-21(18(22)11-20-8-4-5-15(20)10-20)12-14-6-7-16(23-3)9-17(14)24-19/h6-7,9,15H,4-5,8,10-13H2,1-3H3. The van der Waals surface area contributed by atoms with Crippen LogP contribution in [0.15, 0.2) is 18.2 Å². The van der Waals surface area contributed by atoms with Gasteiger partial charge in [0.05, 0.1) is 13.7 Å². The second kappa shape index (κ2) is 5.40. The predicted octanol–water partition coefficient (Wildman–Crippen LogP) is 3.78. The molecule has 1 aromatic rings. The van der Waals surface area contributed by atoms with Crippen molar-refractivity contribution >= 4 is 5.91 Å². The molecule has 0 saturated heterocycles. The Balaban J connectivity index is 1.56. The van der Waals surface area contributed by atoms with Gasteiger partial charge in [0.2, 0.25) is 5.91 Å². The lowest BCUT2D eigenvalue weighted by molar-refractivity contribution is -0.135. The van der Waals surface area contributed by atoms with Gasteiger partial charge >= 0.3 is 0 Å². The number of hydrogen-bond acceptors (Lipinski definition) is 3. The fourth-order valence-corrected chi connectivity index (χ4v) is 4.68. The maximum absolute atomic E-state index is 13.0. The molecule has 1 heterocycles. The smallest absolute Gasteiger partial charge is 0.223 e. The first-order valence-corrected chi connectivity index (χ1v) is 9.05. The summed E-state index contributed by atoms with van der Waals surface area (Å²) in [6.07, 6.45) is 5.85. The first kappa shape index (κ1) is 15.8. The Kier molecular flexibility index (Phi) is 3.55. The average Bonchev–Trinajstić information content (AvgIpc) is 3.10. The molecule has 0 N–H and O–H groups in total. The van der Waals surface area contributed by atoms with Crippen molar-refractivity contribution in [3.63, 3.8) is 0 Å². The van der Waals surface area contributed by atoms with Crippen molar-refractivity contribution in [2.75, 3.05) is 13.7 Å². The maximum atomic E-state index is 13.0. The summed E-state index contributed by atoms with van der Waals surface area (Å²) in [6, 6.07) is 5.89. The average molecular weight is 329 g/mol. The summed E-state index contributed by atoms with van der Waals surface area (Å²) in [5, 5.41) is 0. The molecule has 2 fully saturated rings. The molecule has 1 aromatic carbocycles. The van der Waals surface area contributed by atoms with Gasteiger partial charge in [-0.1, -0.05) is 6.42 Å². The Morgan fingerprint density at radius 3 is 2.92 bits per heavy atom. The zero-order chi connectivity index (χ0) is 16.9. The summed E-state index contributed by atoms with van der Waals surface area (Å²) in [7, 11) is 1.66. The highest BCUT2D eigenvalue weighted by atomic mass is 16.5. The zero-order valence-electron chi connectivity index (χ0n) is 14.9. The van der Waals surface area contributed by atoms with E-state index in [9.17, 15) is 4.79 Å². The monoisotopic (exact) mass is 329 g/mol. The number of ether oxygens (including phenoxy) is 2. The Labute approximate surface area is 144 Å². The number of amides is 1. The molecule has 2 saturated carbocycles. The molecule has 2 unspecified atom stereocenters. The summed E-state index contributed by atoms with van der Waals surface area (Å²) in [6.45, 7) is 5.36. The second-order valence-electron chi connectivity index (χ2n) is 8.42. The molecule has 0 aromatic heterocycles. The minimum Gasteiger partial charge on any atom is -0.497 e. The number of methoxy groups -OCH3 is 1. The van der Waals surface area contributed by atoms with Gasteiger partial charge < -0.3 is 14.4 Å². The van der Waals surface area contributed by atoms with Crippen molar-refractivity contribution in [3.8, 4) is 11.5 Å². The fourth-order valence-electron chi connectivity index (χ4n) is 4.68. The van der Waals surface area contributed by atoms with Crippen LogP contribution in [0.1, 0.15) is 51.5 Å². The number of carbonyl (C=O) groups is 1. The van der Waals surface area contributed by atoms with Gasteiger partial charge in [0, 0.05) is 24.6 Å². The Hall–Kier alpha value is -1.71. The lowest BCUT2D eigenvalue weighted by atomic mass is 9.98. The Morgan fingerprint density at radius 2 is 2.25 bits per heavy atom. The molecule has 3 aliphatic rings. The molecule has 2 atom stereocenters. The van der Waals surface area contributed by atoms with Crippen LogP contribution in [0, 0.1) is 11.3 Å². The molecule has 4 nitrogen and oxygen atoms in total. The Bertz CT molecular complexity index is 669. The summed E-state index contributed by atoms with van der Waals surface area (Å²) < 4.78 is 11.5. The summed E-state index contributed by atoms with van der Waals surface area (Å²) in [5.74, 6) is 2.72. The van der Waals surface area contributed by atoms with Gasteiger partial charge in [-0.05, 0) is 56.6 Å². The molecular formula is C20H27NO3. The molecule has 24 heavy (non-hydrogen) atoms. The number of benzene rings is 1. The maximum Gasteiger partial charge on any atom is 0.223 e. The lowest BCUT2D eigenvalue weighted by Crippen LogP contribution is -2.43. The lowest BCUT2D eigenvalue weighted by Gasteiger charge is -2.30. The first-order valence-electron chi connectivity index (χ1n) is 9.05. The summed E-state index contributed by atoms with van der Waals surface area (Å²) in [5.41, 5.74) is 1.01. The van der Waals surface area contributed by atoms with E-state index in [1.165, 1.54) is 25.7 Å². The van der Waals surface area contributed by atoms with Gasteiger partial charge in [0.25, 0.3) is 0 Å². The molecular weight excluding hydrogens is 302 g/mol. The first-order chi connectivity index (χ1) is 11.4. The third-order valence-electron chi connectivity index (χ3n) is 6.04. The third kappa shape index (κ3) is 2.76. The molecule has 0 bridgehead atoms. The molecule has 1 aliphatic heterocycles. The van der Waals surface area contributed by atoms with E-state index < -0.39 is 5.60 Å². The van der Waals surface area contributed by atoms with Crippen LogP contribution in [-0.2, 0) is 11.3 Å². The van der Waals surface area contributed by atoms with Gasteiger partial charge in [0.1, 0.15) is 17.1 Å². The molecule has 4 rings (SSSR count). The van der Waals surface area contributed by atoms with E-state index in [0.29, 0.717) is 24.4 Å². The van der Waals surface area contributed by atoms with Gasteiger partial charge in [-0.15, -0.1) is 0 Å². The van der Waals surface area contributed by atoms with E-state index >= 15 is 0 Å². The second-order valence-corrected chi connectivity index (χ2v) is 8.42. The quantitative estimate of drug-likeness (QED) is 0.847. The van der Waals surface area contributed by atoms with Gasteiger partial charge in [-0.3, -0.25) is 4.79 Å². The van der Waals surface area contributed by atoms with Crippen molar-refractivity contribution in [2.45, 2.75) is 58.1 Å². The van der Waals surface area contributed by atoms with Crippen LogP contribution in [0.2, 0.25) is 0 Å². The van der Waals surface area contributed by atoms with Crippen molar-refractivity contribution in [1.29, 1.82) is 0 Å². The van der Waals surface area contributed by atoms with E-state index in [4.69, 9.17) is 9.47 Å². The number of rotatable bonds is 3. The van der Waals surface area contributed by atoms with E-state index in [1.54, 1.807) is 7.11 Å². The van der Waals surface area contributed by atoms with Crippen LogP contribution >= 0.6 is 0 Å². The van der Waals surface area contributed by atoms with Crippen LogP contribution < -0.4 is 9.47 Å². The van der Waals surface area contributed by atoms with E-state index in [1.807, 2.05) is 23.1 Å². The molecule has 0 radical (unpaired) electrons. The van der Waals surface area contributed by atoms with Gasteiger partial charge in [-0.25, -0.2) is 0 Å². The van der Waals surface area contributed by atoms with E-state index in [-0.39, 0.29) is 0 Å². The van der Waals surface area contributed by atoms with E-state index in [0.717, 1.165) is 29.4 Å². The third-order valence-corrected chi connectivity index (χ3v) is 6.04. The highest BCUT2D eigenvalue weighted by Gasteiger charge is 2.57. The van der Waals surface area contributed by atoms with Gasteiger partial charge in [-0.2, -0.15) is 0 Å². The van der Waals surface area contributed by atoms with E-state index in [2.05, 4.69) is 13.8 Å². The van der Waals surface area contributed by atoms with Gasteiger partial charge in [0.15, 0.2) is 0 Å². The van der Waals surface area contributed by atoms with Crippen LogP contribution in [0.5, 0.6) is 11.5 Å². The highest BCUT2D eigenvalue weighted by molar-refractivity contribution is 5.78. The normalized spacial score (nSPS) is 30.0.